The first-order valence-electron chi connectivity index (χ1n) is 7.47. The third-order valence-electron chi connectivity index (χ3n) is 3.85. The first-order chi connectivity index (χ1) is 10.9. The number of benzene rings is 3. The maximum absolute atomic E-state index is 5.35. The summed E-state index contributed by atoms with van der Waals surface area (Å²) in [4.78, 5) is 0. The van der Waals surface area contributed by atoms with Gasteiger partial charge in [0.1, 0.15) is 12.9 Å². The Morgan fingerprint density at radius 1 is 0.636 bits per heavy atom. The van der Waals surface area contributed by atoms with Gasteiger partial charge in [-0.15, -0.1) is 0 Å². The van der Waals surface area contributed by atoms with E-state index in [0.29, 0.717) is 0 Å². The van der Waals surface area contributed by atoms with E-state index < -0.39 is 0 Å². The standard InChI is InChI=1S/C21H19O/c1-22-21-14-8-13-19(15-17-9-4-2-5-10-17)20(21)16-18-11-6-3-7-12-18/h2-14H,1,15-16H2. The molecule has 0 aliphatic heterocycles. The van der Waals surface area contributed by atoms with Crippen LogP contribution >= 0.6 is 0 Å². The fraction of sp³-hybridized carbons (Fsp3) is 0.0952. The second-order valence-electron chi connectivity index (χ2n) is 5.36. The molecular weight excluding hydrogens is 268 g/mol. The van der Waals surface area contributed by atoms with Crippen LogP contribution in [0.15, 0.2) is 78.9 Å². The van der Waals surface area contributed by atoms with Crippen LogP contribution < -0.4 is 4.74 Å². The van der Waals surface area contributed by atoms with Crippen LogP contribution in [-0.4, -0.2) is 0 Å². The maximum atomic E-state index is 5.35. The molecule has 0 amide bonds. The van der Waals surface area contributed by atoms with Gasteiger partial charge in [-0.1, -0.05) is 72.8 Å². The zero-order valence-corrected chi connectivity index (χ0v) is 12.5. The summed E-state index contributed by atoms with van der Waals surface area (Å²) in [5.74, 6) is 0.859. The first kappa shape index (κ1) is 14.4. The molecule has 0 spiro atoms. The van der Waals surface area contributed by atoms with E-state index in [-0.39, 0.29) is 0 Å². The summed E-state index contributed by atoms with van der Waals surface area (Å²) < 4.78 is 5.35. The Hall–Kier alpha value is -2.54. The molecule has 1 nitrogen and oxygen atoms in total. The first-order valence-corrected chi connectivity index (χ1v) is 7.47. The molecule has 0 heterocycles. The highest BCUT2D eigenvalue weighted by atomic mass is 16.5. The highest BCUT2D eigenvalue weighted by Crippen LogP contribution is 2.27. The average Bonchev–Trinajstić information content (AvgIpc) is 2.58. The zero-order chi connectivity index (χ0) is 15.2. The van der Waals surface area contributed by atoms with Gasteiger partial charge in [-0.3, -0.25) is 0 Å². The Bertz CT molecular complexity index is 717. The molecule has 0 bridgehead atoms. The van der Waals surface area contributed by atoms with Crippen molar-refractivity contribution in [3.63, 3.8) is 0 Å². The van der Waals surface area contributed by atoms with Crippen molar-refractivity contribution in [2.75, 3.05) is 0 Å². The lowest BCUT2D eigenvalue weighted by atomic mass is 9.94. The van der Waals surface area contributed by atoms with Crippen LogP contribution in [0, 0.1) is 7.11 Å². The Kier molecular flexibility index (Phi) is 4.55. The lowest BCUT2D eigenvalue weighted by molar-refractivity contribution is 0.467. The number of ether oxygens (including phenoxy) is 1. The Morgan fingerprint density at radius 2 is 1.23 bits per heavy atom. The van der Waals surface area contributed by atoms with Crippen LogP contribution in [0.1, 0.15) is 22.3 Å². The molecular formula is C21H19O. The molecule has 0 unspecified atom stereocenters. The van der Waals surface area contributed by atoms with Gasteiger partial charge in [-0.05, 0) is 29.2 Å². The molecule has 22 heavy (non-hydrogen) atoms. The molecule has 0 aliphatic rings. The highest BCUT2D eigenvalue weighted by molar-refractivity contribution is 5.45. The van der Waals surface area contributed by atoms with Gasteiger partial charge in [-0.25, -0.2) is 0 Å². The monoisotopic (exact) mass is 287 g/mol. The van der Waals surface area contributed by atoms with E-state index in [1.165, 1.54) is 22.3 Å². The normalized spacial score (nSPS) is 10.4. The summed E-state index contributed by atoms with van der Waals surface area (Å²) in [6.07, 6.45) is 1.76. The van der Waals surface area contributed by atoms with Crippen molar-refractivity contribution in [2.45, 2.75) is 12.8 Å². The summed E-state index contributed by atoms with van der Waals surface area (Å²) in [5, 5.41) is 0. The minimum absolute atomic E-state index is 0.856. The molecule has 109 valence electrons. The summed E-state index contributed by atoms with van der Waals surface area (Å²) in [6.45, 7) is 0. The van der Waals surface area contributed by atoms with Crippen molar-refractivity contribution in [3.05, 3.63) is 108 Å². The minimum atomic E-state index is 0.856. The second kappa shape index (κ2) is 6.95. The van der Waals surface area contributed by atoms with Crippen LogP contribution in [0.2, 0.25) is 0 Å². The number of hydrogen-bond acceptors (Lipinski definition) is 1. The summed E-state index contributed by atoms with van der Waals surface area (Å²) >= 11 is 0. The molecule has 1 heteroatoms. The van der Waals surface area contributed by atoms with Crippen molar-refractivity contribution in [3.8, 4) is 5.75 Å². The van der Waals surface area contributed by atoms with Crippen molar-refractivity contribution in [1.82, 2.24) is 0 Å². The van der Waals surface area contributed by atoms with Gasteiger partial charge in [0.2, 0.25) is 0 Å². The average molecular weight is 287 g/mol. The van der Waals surface area contributed by atoms with E-state index in [1.54, 1.807) is 0 Å². The van der Waals surface area contributed by atoms with E-state index in [4.69, 9.17) is 4.74 Å². The van der Waals surface area contributed by atoms with E-state index in [1.807, 2.05) is 24.3 Å². The van der Waals surface area contributed by atoms with Crippen LogP contribution in [0.4, 0.5) is 0 Å². The van der Waals surface area contributed by atoms with Crippen LogP contribution in [0.3, 0.4) is 0 Å². The van der Waals surface area contributed by atoms with Crippen molar-refractivity contribution >= 4 is 0 Å². The van der Waals surface area contributed by atoms with Crippen molar-refractivity contribution in [2.24, 2.45) is 0 Å². The minimum Gasteiger partial charge on any atom is -0.490 e. The maximum Gasteiger partial charge on any atom is 0.123 e. The predicted molar refractivity (Wildman–Crippen MR) is 90.9 cm³/mol. The molecule has 0 saturated heterocycles. The number of hydrogen-bond donors (Lipinski definition) is 0. The predicted octanol–water partition coefficient (Wildman–Crippen LogP) is 5.04. The van der Waals surface area contributed by atoms with Crippen LogP contribution in [-0.2, 0) is 12.8 Å². The topological polar surface area (TPSA) is 9.23 Å². The van der Waals surface area contributed by atoms with Gasteiger partial charge < -0.3 is 4.74 Å². The van der Waals surface area contributed by atoms with Gasteiger partial charge >= 0.3 is 0 Å². The largest absolute Gasteiger partial charge is 0.490 e. The molecule has 0 aliphatic carbocycles. The van der Waals surface area contributed by atoms with Crippen molar-refractivity contribution < 1.29 is 4.74 Å². The fourth-order valence-corrected chi connectivity index (χ4v) is 2.73. The van der Waals surface area contributed by atoms with Crippen molar-refractivity contribution in [1.29, 1.82) is 0 Å². The molecule has 0 aromatic heterocycles. The smallest absolute Gasteiger partial charge is 0.123 e. The summed E-state index contributed by atoms with van der Waals surface area (Å²) in [6, 6.07) is 27.2. The summed E-state index contributed by atoms with van der Waals surface area (Å²) in [7, 11) is 3.61. The quantitative estimate of drug-likeness (QED) is 0.639. The molecule has 1 radical (unpaired) electrons. The van der Waals surface area contributed by atoms with E-state index >= 15 is 0 Å². The summed E-state index contributed by atoms with van der Waals surface area (Å²) in [5.41, 5.74) is 5.09. The van der Waals surface area contributed by atoms with Gasteiger partial charge in [0.05, 0.1) is 0 Å². The number of rotatable bonds is 5. The lowest BCUT2D eigenvalue weighted by Crippen LogP contribution is -2.00. The molecule has 0 N–H and O–H groups in total. The molecule has 3 aromatic carbocycles. The second-order valence-corrected chi connectivity index (χ2v) is 5.36. The Morgan fingerprint density at radius 3 is 1.82 bits per heavy atom. The highest BCUT2D eigenvalue weighted by Gasteiger charge is 2.10. The van der Waals surface area contributed by atoms with Crippen LogP contribution in [0.5, 0.6) is 5.75 Å². The van der Waals surface area contributed by atoms with Gasteiger partial charge in [0, 0.05) is 12.0 Å². The van der Waals surface area contributed by atoms with Gasteiger partial charge in [0.15, 0.2) is 0 Å². The molecule has 3 aromatic rings. The SMILES string of the molecule is [CH2]Oc1cccc(Cc2ccccc2)c1Cc1ccccc1. The van der Waals surface area contributed by atoms with E-state index in [2.05, 4.69) is 61.7 Å². The van der Waals surface area contributed by atoms with E-state index in [0.717, 1.165) is 18.6 Å². The zero-order valence-electron chi connectivity index (χ0n) is 12.5. The molecule has 3 rings (SSSR count). The fourth-order valence-electron chi connectivity index (χ4n) is 2.73. The van der Waals surface area contributed by atoms with Crippen LogP contribution in [0.25, 0.3) is 0 Å². The Balaban J connectivity index is 1.95. The van der Waals surface area contributed by atoms with Gasteiger partial charge in [0.25, 0.3) is 0 Å². The lowest BCUT2D eigenvalue weighted by Gasteiger charge is -2.14. The molecule has 0 fully saturated rings. The van der Waals surface area contributed by atoms with Gasteiger partial charge in [-0.2, -0.15) is 0 Å². The molecule has 0 atom stereocenters. The Labute approximate surface area is 132 Å². The molecule has 0 saturated carbocycles. The van der Waals surface area contributed by atoms with E-state index in [9.17, 15) is 0 Å². The third kappa shape index (κ3) is 3.37. The third-order valence-corrected chi connectivity index (χ3v) is 3.85.